The normalized spacial score (nSPS) is 11.5. The summed E-state index contributed by atoms with van der Waals surface area (Å²) in [5.41, 5.74) is 5.31. The van der Waals surface area contributed by atoms with E-state index < -0.39 is 5.60 Å². The predicted octanol–water partition coefficient (Wildman–Crippen LogP) is 6.33. The third-order valence-corrected chi connectivity index (χ3v) is 5.32. The number of hydrogen-bond acceptors (Lipinski definition) is 4. The largest absolute Gasteiger partial charge is 0.384 e. The molecule has 158 valence electrons. The Kier molecular flexibility index (Phi) is 5.81. The SMILES string of the molecule is CCc1ccc(-c2ccc(Nc3nc(-c4ccc(Cl)cc4)cc(C(C)(C)O)n3)cc2)[nH]1. The van der Waals surface area contributed by atoms with E-state index in [1.165, 1.54) is 5.69 Å². The second-order valence-electron chi connectivity index (χ2n) is 7.98. The molecule has 4 rings (SSSR count). The Hall–Kier alpha value is -3.15. The number of rotatable bonds is 6. The van der Waals surface area contributed by atoms with Crippen LogP contribution in [-0.2, 0) is 12.0 Å². The predicted molar refractivity (Wildman–Crippen MR) is 127 cm³/mol. The first-order valence-electron chi connectivity index (χ1n) is 10.2. The zero-order chi connectivity index (χ0) is 22.0. The molecule has 4 aromatic rings. The molecule has 0 fully saturated rings. The summed E-state index contributed by atoms with van der Waals surface area (Å²) in [4.78, 5) is 12.6. The van der Waals surface area contributed by atoms with Gasteiger partial charge in [-0.1, -0.05) is 42.8 Å². The fourth-order valence-corrected chi connectivity index (χ4v) is 3.39. The Labute approximate surface area is 187 Å². The van der Waals surface area contributed by atoms with E-state index in [1.807, 2.05) is 48.5 Å². The minimum absolute atomic E-state index is 0.422. The number of nitrogens with zero attached hydrogens (tertiary/aromatic N) is 2. The zero-order valence-electron chi connectivity index (χ0n) is 17.8. The number of anilines is 2. The molecule has 0 aliphatic heterocycles. The van der Waals surface area contributed by atoms with Crippen molar-refractivity contribution < 1.29 is 5.11 Å². The number of hydrogen-bond donors (Lipinski definition) is 3. The van der Waals surface area contributed by atoms with Crippen molar-refractivity contribution in [1.29, 1.82) is 0 Å². The van der Waals surface area contributed by atoms with Crippen molar-refractivity contribution >= 4 is 23.2 Å². The van der Waals surface area contributed by atoms with Gasteiger partial charge in [0, 0.05) is 27.7 Å². The summed E-state index contributed by atoms with van der Waals surface area (Å²) < 4.78 is 0. The van der Waals surface area contributed by atoms with Crippen LogP contribution in [0.15, 0.2) is 66.7 Å². The van der Waals surface area contributed by atoms with Gasteiger partial charge in [-0.05, 0) is 68.3 Å². The lowest BCUT2D eigenvalue weighted by Gasteiger charge is -2.19. The molecule has 31 heavy (non-hydrogen) atoms. The molecule has 0 bridgehead atoms. The van der Waals surface area contributed by atoms with Crippen LogP contribution in [0, 0.1) is 0 Å². The van der Waals surface area contributed by atoms with Gasteiger partial charge in [0.15, 0.2) is 0 Å². The number of aryl methyl sites for hydroxylation is 1. The highest BCUT2D eigenvalue weighted by molar-refractivity contribution is 6.30. The van der Waals surface area contributed by atoms with Crippen molar-refractivity contribution in [3.8, 4) is 22.5 Å². The molecule has 5 nitrogen and oxygen atoms in total. The molecule has 0 aliphatic carbocycles. The fraction of sp³-hybridized carbons (Fsp3) is 0.200. The molecule has 0 saturated carbocycles. The third kappa shape index (κ3) is 4.95. The van der Waals surface area contributed by atoms with Crippen LogP contribution in [0.5, 0.6) is 0 Å². The van der Waals surface area contributed by atoms with Gasteiger partial charge in [0.25, 0.3) is 0 Å². The van der Waals surface area contributed by atoms with Crippen LogP contribution in [0.1, 0.15) is 32.2 Å². The number of halogens is 1. The highest BCUT2D eigenvalue weighted by atomic mass is 35.5. The number of aliphatic hydroxyl groups is 1. The Morgan fingerprint density at radius 1 is 0.935 bits per heavy atom. The van der Waals surface area contributed by atoms with Gasteiger partial charge >= 0.3 is 0 Å². The number of aromatic amines is 1. The molecule has 2 aromatic carbocycles. The second kappa shape index (κ2) is 8.53. The summed E-state index contributed by atoms with van der Waals surface area (Å²) in [5.74, 6) is 0.422. The van der Waals surface area contributed by atoms with E-state index in [-0.39, 0.29) is 0 Å². The van der Waals surface area contributed by atoms with Gasteiger partial charge in [0.1, 0.15) is 5.60 Å². The van der Waals surface area contributed by atoms with Crippen LogP contribution in [0.2, 0.25) is 5.02 Å². The Bertz CT molecular complexity index is 1180. The number of aromatic nitrogens is 3. The summed E-state index contributed by atoms with van der Waals surface area (Å²) in [7, 11) is 0. The summed E-state index contributed by atoms with van der Waals surface area (Å²) in [6.07, 6.45) is 0.977. The Balaban J connectivity index is 1.64. The van der Waals surface area contributed by atoms with Gasteiger partial charge < -0.3 is 15.4 Å². The quantitative estimate of drug-likeness (QED) is 0.333. The van der Waals surface area contributed by atoms with E-state index in [2.05, 4.69) is 39.3 Å². The van der Waals surface area contributed by atoms with Crippen LogP contribution in [-0.4, -0.2) is 20.1 Å². The van der Waals surface area contributed by atoms with Crippen molar-refractivity contribution in [3.05, 3.63) is 83.1 Å². The van der Waals surface area contributed by atoms with Gasteiger partial charge in [-0.2, -0.15) is 0 Å². The maximum absolute atomic E-state index is 10.5. The van der Waals surface area contributed by atoms with Crippen LogP contribution < -0.4 is 5.32 Å². The average molecular weight is 433 g/mol. The van der Waals surface area contributed by atoms with Gasteiger partial charge in [-0.25, -0.2) is 9.97 Å². The molecule has 0 saturated heterocycles. The van der Waals surface area contributed by atoms with Gasteiger partial charge in [0.05, 0.1) is 11.4 Å². The number of H-pyrrole nitrogens is 1. The summed E-state index contributed by atoms with van der Waals surface area (Å²) in [5, 5.41) is 14.5. The molecule has 0 spiro atoms. The monoisotopic (exact) mass is 432 g/mol. The molecule has 0 atom stereocenters. The standard InChI is InChI=1S/C25H25ClN4O/c1-4-19-13-14-21(27-19)16-7-11-20(12-8-16)28-24-29-22(15-23(30-24)25(2,3)31)17-5-9-18(26)10-6-17/h5-15,27,31H,4H2,1-3H3,(H,28,29,30). The first kappa shape index (κ1) is 21.1. The second-order valence-corrected chi connectivity index (χ2v) is 8.42. The fourth-order valence-electron chi connectivity index (χ4n) is 3.26. The van der Waals surface area contributed by atoms with Gasteiger partial charge in [-0.3, -0.25) is 0 Å². The van der Waals surface area contributed by atoms with E-state index in [0.717, 1.165) is 28.9 Å². The Morgan fingerprint density at radius 2 is 1.61 bits per heavy atom. The van der Waals surface area contributed by atoms with E-state index >= 15 is 0 Å². The van der Waals surface area contributed by atoms with Crippen molar-refractivity contribution in [2.45, 2.75) is 32.8 Å². The molecular formula is C25H25ClN4O. The first-order valence-corrected chi connectivity index (χ1v) is 10.6. The molecule has 0 unspecified atom stereocenters. The zero-order valence-corrected chi connectivity index (χ0v) is 18.5. The molecular weight excluding hydrogens is 408 g/mol. The number of nitrogens with one attached hydrogen (secondary N) is 2. The highest BCUT2D eigenvalue weighted by Crippen LogP contribution is 2.28. The number of benzene rings is 2. The summed E-state index contributed by atoms with van der Waals surface area (Å²) in [6, 6.07) is 21.5. The smallest absolute Gasteiger partial charge is 0.228 e. The van der Waals surface area contributed by atoms with Crippen LogP contribution in [0.3, 0.4) is 0 Å². The molecule has 6 heteroatoms. The lowest BCUT2D eigenvalue weighted by atomic mass is 10.0. The van der Waals surface area contributed by atoms with Crippen molar-refractivity contribution in [2.24, 2.45) is 0 Å². The van der Waals surface area contributed by atoms with Crippen molar-refractivity contribution in [3.63, 3.8) is 0 Å². The molecule has 0 amide bonds. The van der Waals surface area contributed by atoms with Gasteiger partial charge in [0.2, 0.25) is 5.95 Å². The maximum atomic E-state index is 10.5. The lowest BCUT2D eigenvalue weighted by molar-refractivity contribution is 0.0739. The molecule has 3 N–H and O–H groups in total. The lowest BCUT2D eigenvalue weighted by Crippen LogP contribution is -2.19. The van der Waals surface area contributed by atoms with Crippen LogP contribution >= 0.6 is 11.6 Å². The summed E-state index contributed by atoms with van der Waals surface area (Å²) in [6.45, 7) is 5.55. The van der Waals surface area contributed by atoms with Gasteiger partial charge in [-0.15, -0.1) is 0 Å². The van der Waals surface area contributed by atoms with E-state index in [4.69, 9.17) is 11.6 Å². The average Bonchev–Trinajstić information content (AvgIpc) is 3.23. The molecule has 0 aliphatic rings. The Morgan fingerprint density at radius 3 is 2.23 bits per heavy atom. The minimum Gasteiger partial charge on any atom is -0.384 e. The van der Waals surface area contributed by atoms with Crippen molar-refractivity contribution in [2.75, 3.05) is 5.32 Å². The molecule has 2 heterocycles. The topological polar surface area (TPSA) is 73.8 Å². The summed E-state index contributed by atoms with van der Waals surface area (Å²) >= 11 is 6.02. The van der Waals surface area contributed by atoms with Crippen LogP contribution in [0.25, 0.3) is 22.5 Å². The molecule has 0 radical (unpaired) electrons. The third-order valence-electron chi connectivity index (χ3n) is 5.07. The highest BCUT2D eigenvalue weighted by Gasteiger charge is 2.20. The molecule has 2 aromatic heterocycles. The van der Waals surface area contributed by atoms with E-state index in [9.17, 15) is 5.11 Å². The maximum Gasteiger partial charge on any atom is 0.228 e. The van der Waals surface area contributed by atoms with Crippen LogP contribution in [0.4, 0.5) is 11.6 Å². The van der Waals surface area contributed by atoms with E-state index in [0.29, 0.717) is 22.4 Å². The van der Waals surface area contributed by atoms with Crippen molar-refractivity contribution in [1.82, 2.24) is 15.0 Å². The minimum atomic E-state index is -1.10. The van der Waals surface area contributed by atoms with E-state index in [1.54, 1.807) is 19.9 Å². The first-order chi connectivity index (χ1) is 14.8.